The van der Waals surface area contributed by atoms with Crippen LogP contribution in [0.2, 0.25) is 0 Å². The highest BCUT2D eigenvalue weighted by molar-refractivity contribution is 6.22. The summed E-state index contributed by atoms with van der Waals surface area (Å²) in [6.07, 6.45) is 4.33. The zero-order valence-electron chi connectivity index (χ0n) is 14.2. The van der Waals surface area contributed by atoms with Gasteiger partial charge in [-0.25, -0.2) is 0 Å². The van der Waals surface area contributed by atoms with Gasteiger partial charge in [-0.2, -0.15) is 0 Å². The average molecular weight is 294 g/mol. The lowest BCUT2D eigenvalue weighted by atomic mass is 9.73. The van der Waals surface area contributed by atoms with Crippen LogP contribution in [0.4, 0.5) is 0 Å². The van der Waals surface area contributed by atoms with E-state index in [1.165, 1.54) is 6.42 Å². The van der Waals surface area contributed by atoms with Gasteiger partial charge in [0, 0.05) is 25.1 Å². The van der Waals surface area contributed by atoms with Gasteiger partial charge >= 0.3 is 0 Å². The Bertz CT molecular complexity index is 401. The molecule has 1 rings (SSSR count). The number of unbranched alkanes of at least 4 members (excludes halogenated alkanes) is 2. The Morgan fingerprint density at radius 1 is 1.10 bits per heavy atom. The van der Waals surface area contributed by atoms with E-state index in [4.69, 9.17) is 0 Å². The fraction of sp³-hybridized carbons (Fsp3) is 0.765. The Balaban J connectivity index is 2.44. The molecule has 0 aliphatic heterocycles. The molecule has 1 saturated carbocycles. The molecule has 0 aromatic heterocycles. The number of carbonyl (C=O) groups excluding carboxylic acids is 2. The van der Waals surface area contributed by atoms with Gasteiger partial charge < -0.3 is 10.2 Å². The van der Waals surface area contributed by atoms with Crippen molar-refractivity contribution in [3.8, 4) is 0 Å². The second kappa shape index (κ2) is 7.74. The minimum absolute atomic E-state index is 0.00569. The number of carbonyl (C=O) groups is 2. The molecule has 0 bridgehead atoms. The van der Waals surface area contributed by atoms with Gasteiger partial charge in [0.1, 0.15) is 0 Å². The summed E-state index contributed by atoms with van der Waals surface area (Å²) < 4.78 is 0. The molecule has 1 N–H and O–H groups in total. The average Bonchev–Trinajstić information content (AvgIpc) is 2.30. The zero-order valence-corrected chi connectivity index (χ0v) is 14.2. The Morgan fingerprint density at radius 3 is 2.19 bits per heavy atom. The van der Waals surface area contributed by atoms with Crippen molar-refractivity contribution in [1.82, 2.24) is 10.2 Å². The Morgan fingerprint density at radius 2 is 1.67 bits per heavy atom. The molecular formula is C17H30N2O2. The quantitative estimate of drug-likeness (QED) is 0.445. The van der Waals surface area contributed by atoms with Gasteiger partial charge in [-0.3, -0.25) is 9.59 Å². The van der Waals surface area contributed by atoms with E-state index in [2.05, 4.69) is 24.3 Å². The van der Waals surface area contributed by atoms with Gasteiger partial charge in [0.05, 0.1) is 5.57 Å². The summed E-state index contributed by atoms with van der Waals surface area (Å²) in [5.41, 5.74) is 0.972. The summed E-state index contributed by atoms with van der Waals surface area (Å²) in [5.74, 6) is -0.0114. The van der Waals surface area contributed by atoms with E-state index in [-0.39, 0.29) is 17.0 Å². The molecular weight excluding hydrogens is 264 g/mol. The van der Waals surface area contributed by atoms with Crippen molar-refractivity contribution in [3.05, 3.63) is 11.3 Å². The third-order valence-corrected chi connectivity index (χ3v) is 3.88. The zero-order chi connectivity index (χ0) is 16.0. The van der Waals surface area contributed by atoms with E-state index >= 15 is 0 Å². The van der Waals surface area contributed by atoms with Crippen LogP contribution in [0, 0.1) is 5.41 Å². The molecule has 4 nitrogen and oxygen atoms in total. The highest BCUT2D eigenvalue weighted by Gasteiger charge is 2.36. The van der Waals surface area contributed by atoms with E-state index < -0.39 is 0 Å². The number of allylic oxidation sites excluding steroid dienone is 2. The first-order valence-corrected chi connectivity index (χ1v) is 7.89. The largest absolute Gasteiger partial charge is 0.388 e. The number of hydrogen-bond donors (Lipinski definition) is 1. The SMILES string of the molecule is CC(NCCCCCN(C)C)=C1C(=O)CC(C)(C)CC1=O. The molecule has 0 aromatic carbocycles. The maximum absolute atomic E-state index is 12.1. The summed E-state index contributed by atoms with van der Waals surface area (Å²) in [6.45, 7) is 7.74. The number of nitrogens with one attached hydrogen (secondary N) is 1. The molecule has 1 aliphatic carbocycles. The standard InChI is InChI=1S/C17H30N2O2/c1-13(18-9-7-6-8-10-19(4)5)16-14(20)11-17(2,3)12-15(16)21/h18H,6-12H2,1-5H3. The van der Waals surface area contributed by atoms with Crippen LogP contribution in [-0.2, 0) is 9.59 Å². The first kappa shape index (κ1) is 17.9. The first-order valence-electron chi connectivity index (χ1n) is 7.89. The van der Waals surface area contributed by atoms with Gasteiger partial charge in [0.25, 0.3) is 0 Å². The second-order valence-corrected chi connectivity index (χ2v) is 7.15. The molecule has 0 amide bonds. The number of nitrogens with zero attached hydrogens (tertiary/aromatic N) is 1. The third-order valence-electron chi connectivity index (χ3n) is 3.88. The van der Waals surface area contributed by atoms with Crippen LogP contribution in [0.5, 0.6) is 0 Å². The summed E-state index contributed by atoms with van der Waals surface area (Å²) in [4.78, 5) is 26.5. The normalized spacial score (nSPS) is 18.3. The van der Waals surface area contributed by atoms with Crippen LogP contribution in [0.1, 0.15) is 52.9 Å². The van der Waals surface area contributed by atoms with Crippen LogP contribution < -0.4 is 5.32 Å². The molecule has 1 fully saturated rings. The minimum atomic E-state index is -0.190. The van der Waals surface area contributed by atoms with E-state index in [1.807, 2.05) is 20.8 Å². The predicted molar refractivity (Wildman–Crippen MR) is 86.1 cm³/mol. The second-order valence-electron chi connectivity index (χ2n) is 7.15. The maximum Gasteiger partial charge on any atom is 0.168 e. The maximum atomic E-state index is 12.1. The van der Waals surface area contributed by atoms with Crippen LogP contribution in [0.15, 0.2) is 11.3 Å². The molecule has 0 unspecified atom stereocenters. The molecule has 1 aliphatic rings. The summed E-state index contributed by atoms with van der Waals surface area (Å²) >= 11 is 0. The van der Waals surface area contributed by atoms with Crippen molar-refractivity contribution >= 4 is 11.6 Å². The lowest BCUT2D eigenvalue weighted by molar-refractivity contribution is -0.127. The van der Waals surface area contributed by atoms with Crippen LogP contribution >= 0.6 is 0 Å². The summed E-state index contributed by atoms with van der Waals surface area (Å²) in [6, 6.07) is 0. The van der Waals surface area contributed by atoms with E-state index in [1.54, 1.807) is 0 Å². The Kier molecular flexibility index (Phi) is 6.59. The lowest BCUT2D eigenvalue weighted by Crippen LogP contribution is -2.34. The molecule has 0 aromatic rings. The van der Waals surface area contributed by atoms with E-state index in [0.717, 1.165) is 31.6 Å². The van der Waals surface area contributed by atoms with Crippen molar-refractivity contribution < 1.29 is 9.59 Å². The summed E-state index contributed by atoms with van der Waals surface area (Å²) in [7, 11) is 4.16. The van der Waals surface area contributed by atoms with Crippen molar-refractivity contribution in [1.29, 1.82) is 0 Å². The van der Waals surface area contributed by atoms with Gasteiger partial charge in [-0.1, -0.05) is 20.3 Å². The fourth-order valence-electron chi connectivity index (χ4n) is 2.78. The molecule has 0 atom stereocenters. The van der Waals surface area contributed by atoms with E-state index in [0.29, 0.717) is 18.4 Å². The van der Waals surface area contributed by atoms with Crippen molar-refractivity contribution in [3.63, 3.8) is 0 Å². The Hall–Kier alpha value is -1.16. The molecule has 0 saturated heterocycles. The molecule has 0 spiro atoms. The van der Waals surface area contributed by atoms with Crippen LogP contribution in [0.3, 0.4) is 0 Å². The number of hydrogen-bond acceptors (Lipinski definition) is 4. The molecule has 0 radical (unpaired) electrons. The smallest absolute Gasteiger partial charge is 0.168 e. The van der Waals surface area contributed by atoms with Gasteiger partial charge in [0.2, 0.25) is 0 Å². The fourth-order valence-corrected chi connectivity index (χ4v) is 2.78. The highest BCUT2D eigenvalue weighted by Crippen LogP contribution is 2.34. The minimum Gasteiger partial charge on any atom is -0.388 e. The number of Topliss-reactive ketones (excluding diaryl/α,β-unsaturated/α-hetero) is 2. The molecule has 4 heteroatoms. The van der Waals surface area contributed by atoms with Crippen LogP contribution in [-0.4, -0.2) is 43.7 Å². The third kappa shape index (κ3) is 6.00. The van der Waals surface area contributed by atoms with Gasteiger partial charge in [-0.15, -0.1) is 0 Å². The van der Waals surface area contributed by atoms with Gasteiger partial charge in [0.15, 0.2) is 11.6 Å². The monoisotopic (exact) mass is 294 g/mol. The van der Waals surface area contributed by atoms with Crippen molar-refractivity contribution in [2.24, 2.45) is 5.41 Å². The lowest BCUT2D eigenvalue weighted by Gasteiger charge is -2.29. The van der Waals surface area contributed by atoms with Crippen molar-refractivity contribution in [2.75, 3.05) is 27.2 Å². The molecule has 0 heterocycles. The first-order chi connectivity index (χ1) is 9.73. The van der Waals surface area contributed by atoms with Crippen LogP contribution in [0.25, 0.3) is 0 Å². The molecule has 120 valence electrons. The summed E-state index contributed by atoms with van der Waals surface area (Å²) in [5, 5.41) is 3.25. The number of ketones is 2. The topological polar surface area (TPSA) is 49.4 Å². The number of rotatable bonds is 7. The highest BCUT2D eigenvalue weighted by atomic mass is 16.2. The molecule has 21 heavy (non-hydrogen) atoms. The van der Waals surface area contributed by atoms with Gasteiger partial charge in [-0.05, 0) is 45.8 Å². The van der Waals surface area contributed by atoms with E-state index in [9.17, 15) is 9.59 Å². The van der Waals surface area contributed by atoms with Crippen molar-refractivity contribution in [2.45, 2.75) is 52.9 Å². The predicted octanol–water partition coefficient (Wildman–Crippen LogP) is 2.54. The Labute approximate surface area is 129 Å².